The number of benzene rings is 2. The second-order valence-corrected chi connectivity index (χ2v) is 9.90. The summed E-state index contributed by atoms with van der Waals surface area (Å²) in [7, 11) is 0. The van der Waals surface area contributed by atoms with Gasteiger partial charge in [-0.1, -0.05) is 48.0 Å². The van der Waals surface area contributed by atoms with Crippen LogP contribution in [0.1, 0.15) is 28.8 Å². The zero-order chi connectivity index (χ0) is 24.4. The van der Waals surface area contributed by atoms with E-state index in [4.69, 9.17) is 0 Å². The number of nitrogens with one attached hydrogen (secondary N) is 2. The molecule has 2 aliphatic rings. The van der Waals surface area contributed by atoms with Crippen molar-refractivity contribution in [2.24, 2.45) is 5.92 Å². The summed E-state index contributed by atoms with van der Waals surface area (Å²) in [6.07, 6.45) is 0.155. The van der Waals surface area contributed by atoms with Crippen molar-refractivity contribution in [2.45, 2.75) is 37.9 Å². The lowest BCUT2D eigenvalue weighted by atomic mass is 10.1. The molecule has 1 fully saturated rings. The molecule has 180 valence electrons. The number of carbonyl (C=O) groups is 3. The average molecular weight is 490 g/mol. The number of rotatable bonds is 7. The summed E-state index contributed by atoms with van der Waals surface area (Å²) in [5, 5.41) is 10.5. The number of carbonyl (C=O) groups excluding carboxylic acids is 3. The van der Waals surface area contributed by atoms with Gasteiger partial charge in [-0.15, -0.1) is 0 Å². The van der Waals surface area contributed by atoms with Crippen LogP contribution in [0.3, 0.4) is 0 Å². The third-order valence-corrected chi connectivity index (χ3v) is 7.30. The lowest BCUT2D eigenvalue weighted by Gasteiger charge is -2.17. The number of thioether (sulfide) groups is 1. The first-order valence-electron chi connectivity index (χ1n) is 11.6. The van der Waals surface area contributed by atoms with Gasteiger partial charge in [0.15, 0.2) is 0 Å². The molecule has 1 saturated heterocycles. The number of anilines is 2. The van der Waals surface area contributed by atoms with Crippen molar-refractivity contribution in [3.05, 3.63) is 77.0 Å². The minimum Gasteiger partial charge on any atom is -0.350 e. The summed E-state index contributed by atoms with van der Waals surface area (Å²) < 4.78 is 1.58. The van der Waals surface area contributed by atoms with E-state index in [-0.39, 0.29) is 30.7 Å². The maximum atomic E-state index is 13.2. The van der Waals surface area contributed by atoms with E-state index in [2.05, 4.69) is 15.7 Å². The Morgan fingerprint density at radius 2 is 1.86 bits per heavy atom. The Bertz CT molecular complexity index is 1260. The van der Waals surface area contributed by atoms with Crippen LogP contribution in [0.15, 0.2) is 54.6 Å². The summed E-state index contributed by atoms with van der Waals surface area (Å²) in [4.78, 5) is 40.1. The van der Waals surface area contributed by atoms with Gasteiger partial charge in [0.1, 0.15) is 12.4 Å². The molecule has 1 aromatic heterocycles. The highest BCUT2D eigenvalue weighted by atomic mass is 32.2. The third-order valence-electron chi connectivity index (χ3n) is 6.33. The van der Waals surface area contributed by atoms with Crippen LogP contribution >= 0.6 is 11.8 Å². The number of fused-ring (bicyclic) bond motifs is 1. The Hall–Kier alpha value is -3.59. The molecule has 35 heavy (non-hydrogen) atoms. The molecule has 8 nitrogen and oxygen atoms in total. The highest BCUT2D eigenvalue weighted by Gasteiger charge is 2.36. The van der Waals surface area contributed by atoms with Crippen molar-refractivity contribution >= 4 is 41.0 Å². The van der Waals surface area contributed by atoms with Crippen molar-refractivity contribution < 1.29 is 14.4 Å². The van der Waals surface area contributed by atoms with Crippen molar-refractivity contribution in [1.82, 2.24) is 15.1 Å². The molecule has 5 rings (SSSR count). The second kappa shape index (κ2) is 9.95. The maximum Gasteiger partial charge on any atom is 0.242 e. The van der Waals surface area contributed by atoms with Crippen LogP contribution in [0.2, 0.25) is 0 Å². The van der Waals surface area contributed by atoms with Gasteiger partial charge in [0.05, 0.1) is 11.6 Å². The first-order chi connectivity index (χ1) is 17.0. The van der Waals surface area contributed by atoms with Crippen LogP contribution in [-0.4, -0.2) is 34.0 Å². The van der Waals surface area contributed by atoms with Gasteiger partial charge in [0.2, 0.25) is 17.7 Å². The predicted molar refractivity (Wildman–Crippen MR) is 136 cm³/mol. The quantitative estimate of drug-likeness (QED) is 0.531. The van der Waals surface area contributed by atoms with Gasteiger partial charge in [0, 0.05) is 42.3 Å². The third kappa shape index (κ3) is 5.09. The van der Waals surface area contributed by atoms with Crippen LogP contribution < -0.4 is 15.5 Å². The number of hydrogen-bond acceptors (Lipinski definition) is 5. The normalized spacial score (nSPS) is 16.9. The van der Waals surface area contributed by atoms with Gasteiger partial charge < -0.3 is 15.5 Å². The molecule has 2 aliphatic heterocycles. The van der Waals surface area contributed by atoms with Crippen LogP contribution in [-0.2, 0) is 39.0 Å². The lowest BCUT2D eigenvalue weighted by Crippen LogP contribution is -2.31. The van der Waals surface area contributed by atoms with Gasteiger partial charge in [-0.05, 0) is 24.6 Å². The molecule has 0 aliphatic carbocycles. The van der Waals surface area contributed by atoms with E-state index in [0.717, 1.165) is 39.6 Å². The van der Waals surface area contributed by atoms with E-state index >= 15 is 0 Å². The molecular formula is C26H27N5O3S. The van der Waals surface area contributed by atoms with Crippen LogP contribution in [0, 0.1) is 12.8 Å². The first-order valence-corrected chi connectivity index (χ1v) is 12.8. The van der Waals surface area contributed by atoms with E-state index in [0.29, 0.717) is 18.9 Å². The van der Waals surface area contributed by atoms with Crippen molar-refractivity contribution in [1.29, 1.82) is 0 Å². The van der Waals surface area contributed by atoms with Crippen molar-refractivity contribution in [3.63, 3.8) is 0 Å². The maximum absolute atomic E-state index is 13.2. The van der Waals surface area contributed by atoms with Crippen LogP contribution in [0.4, 0.5) is 11.5 Å². The van der Waals surface area contributed by atoms with Crippen LogP contribution in [0.5, 0.6) is 0 Å². The average Bonchev–Trinajstić information content (AvgIpc) is 3.55. The molecule has 0 radical (unpaired) electrons. The van der Waals surface area contributed by atoms with E-state index in [1.807, 2.05) is 61.5 Å². The molecule has 2 N–H and O–H groups in total. The molecule has 3 heterocycles. The first kappa shape index (κ1) is 23.2. The van der Waals surface area contributed by atoms with Gasteiger partial charge >= 0.3 is 0 Å². The largest absolute Gasteiger partial charge is 0.350 e. The molecule has 3 amide bonds. The number of nitrogens with zero attached hydrogens (tertiary/aromatic N) is 3. The van der Waals surface area contributed by atoms with Crippen molar-refractivity contribution in [3.8, 4) is 0 Å². The van der Waals surface area contributed by atoms with Gasteiger partial charge in [-0.2, -0.15) is 16.9 Å². The summed E-state index contributed by atoms with van der Waals surface area (Å²) in [6, 6.07) is 17.4. The highest BCUT2D eigenvalue weighted by Crippen LogP contribution is 2.35. The molecule has 1 unspecified atom stereocenters. The fourth-order valence-electron chi connectivity index (χ4n) is 4.38. The molecule has 2 aromatic carbocycles. The molecular weight excluding hydrogens is 462 g/mol. The van der Waals surface area contributed by atoms with Gasteiger partial charge in [-0.25, -0.2) is 4.68 Å². The van der Waals surface area contributed by atoms with E-state index < -0.39 is 5.92 Å². The Balaban J connectivity index is 1.26. The minimum atomic E-state index is -0.469. The van der Waals surface area contributed by atoms with Gasteiger partial charge in [-0.3, -0.25) is 14.4 Å². The van der Waals surface area contributed by atoms with E-state index in [1.54, 1.807) is 21.3 Å². The summed E-state index contributed by atoms with van der Waals surface area (Å²) in [5.74, 6) is 1.10. The smallest absolute Gasteiger partial charge is 0.242 e. The Morgan fingerprint density at radius 1 is 1.09 bits per heavy atom. The zero-order valence-corrected chi connectivity index (χ0v) is 20.3. The van der Waals surface area contributed by atoms with Gasteiger partial charge in [0.25, 0.3) is 0 Å². The predicted octanol–water partition coefficient (Wildman–Crippen LogP) is 3.25. The number of hydrogen-bond donors (Lipinski definition) is 2. The summed E-state index contributed by atoms with van der Waals surface area (Å²) >= 11 is 1.73. The molecule has 1 atom stereocenters. The molecule has 9 heteroatoms. The SMILES string of the molecule is Cc1ccc(N2CC(C(=O)Nc3c4c(nn3CC(=O)NCc3ccccc3)CSC4)CC2=O)cc1. The monoisotopic (exact) mass is 489 g/mol. The molecule has 3 aromatic rings. The van der Waals surface area contributed by atoms with E-state index in [1.165, 1.54) is 0 Å². The minimum absolute atomic E-state index is 0.0131. The highest BCUT2D eigenvalue weighted by molar-refractivity contribution is 7.98. The molecule has 0 spiro atoms. The number of aromatic nitrogens is 2. The van der Waals surface area contributed by atoms with E-state index in [9.17, 15) is 14.4 Å². The van der Waals surface area contributed by atoms with Crippen molar-refractivity contribution in [2.75, 3.05) is 16.8 Å². The fourth-order valence-corrected chi connectivity index (χ4v) is 5.42. The molecule has 0 saturated carbocycles. The standard InChI is InChI=1S/C26H27N5O3S/c1-17-7-9-20(10-8-17)30-13-19(11-24(30)33)26(34)28-25-21-15-35-16-22(21)29-31(25)14-23(32)27-12-18-5-3-2-4-6-18/h2-10,19H,11-16H2,1H3,(H,27,32)(H,28,34). The Morgan fingerprint density at radius 3 is 2.63 bits per heavy atom. The fraction of sp³-hybridized carbons (Fsp3) is 0.308. The topological polar surface area (TPSA) is 96.3 Å². The zero-order valence-electron chi connectivity index (χ0n) is 19.5. The number of amides is 3. The summed E-state index contributed by atoms with van der Waals surface area (Å²) in [5.41, 5.74) is 4.78. The van der Waals surface area contributed by atoms with Crippen LogP contribution in [0.25, 0.3) is 0 Å². The summed E-state index contributed by atoms with van der Waals surface area (Å²) in [6.45, 7) is 2.76. The second-order valence-electron chi connectivity index (χ2n) is 8.92. The number of aryl methyl sites for hydroxylation is 1. The Labute approximate surface area is 208 Å². The Kier molecular flexibility index (Phi) is 6.59. The lowest BCUT2D eigenvalue weighted by molar-refractivity contribution is -0.122. The molecule has 0 bridgehead atoms.